The molecule has 0 aliphatic rings. The highest BCUT2D eigenvalue weighted by Crippen LogP contribution is 2.43. The average Bonchev–Trinajstić information content (AvgIpc) is 2.97. The van der Waals surface area contributed by atoms with Gasteiger partial charge in [-0.3, -0.25) is 13.8 Å². The standard InChI is InChI=1S/C36H75N2O6P/c1-6-8-10-12-14-16-18-19-20-21-23-25-27-29-35(39)34(33-44-45(41,42)43-32-31-38(3,4)5)37-36(40)30-28-26-24-22-17-15-13-11-9-7-2/h34-35,39H,6-33H2,1-5H3,(H-,37,40,41,42)/p+1/t34-,35+/m0/s1. The lowest BCUT2D eigenvalue weighted by molar-refractivity contribution is -0.870. The maximum Gasteiger partial charge on any atom is 0.472 e. The Balaban J connectivity index is 4.46. The highest BCUT2D eigenvalue weighted by Gasteiger charge is 2.28. The number of rotatable bonds is 34. The van der Waals surface area contributed by atoms with Gasteiger partial charge in [0.25, 0.3) is 0 Å². The molecule has 0 spiro atoms. The number of carbonyl (C=O) groups excluding carboxylic acids is 1. The molecule has 3 N–H and O–H groups in total. The summed E-state index contributed by atoms with van der Waals surface area (Å²) in [6.07, 6.45) is 28.3. The van der Waals surface area contributed by atoms with E-state index in [9.17, 15) is 19.4 Å². The van der Waals surface area contributed by atoms with E-state index >= 15 is 0 Å². The van der Waals surface area contributed by atoms with Gasteiger partial charge in [-0.05, 0) is 12.8 Å². The summed E-state index contributed by atoms with van der Waals surface area (Å²) in [7, 11) is 1.62. The molecule has 0 heterocycles. The number of phosphoric ester groups is 1. The summed E-state index contributed by atoms with van der Waals surface area (Å²) in [4.78, 5) is 22.9. The Morgan fingerprint density at radius 2 is 1.07 bits per heavy atom. The number of hydrogen-bond donors (Lipinski definition) is 3. The zero-order valence-corrected chi connectivity index (χ0v) is 31.3. The van der Waals surface area contributed by atoms with Crippen LogP contribution >= 0.6 is 7.82 Å². The topological polar surface area (TPSA) is 105 Å². The van der Waals surface area contributed by atoms with Crippen molar-refractivity contribution < 1.29 is 32.9 Å². The first-order valence-corrected chi connectivity index (χ1v) is 20.4. The first-order valence-electron chi connectivity index (χ1n) is 18.9. The average molecular weight is 664 g/mol. The van der Waals surface area contributed by atoms with Gasteiger partial charge in [0.15, 0.2) is 0 Å². The van der Waals surface area contributed by atoms with E-state index in [1.807, 2.05) is 21.1 Å². The number of nitrogens with one attached hydrogen (secondary N) is 1. The number of aliphatic hydroxyl groups is 1. The van der Waals surface area contributed by atoms with Crippen molar-refractivity contribution in [3.8, 4) is 0 Å². The van der Waals surface area contributed by atoms with E-state index in [-0.39, 0.29) is 19.1 Å². The Morgan fingerprint density at radius 1 is 0.667 bits per heavy atom. The summed E-state index contributed by atoms with van der Waals surface area (Å²) in [6.45, 7) is 4.86. The molecule has 0 saturated heterocycles. The highest BCUT2D eigenvalue weighted by molar-refractivity contribution is 7.47. The van der Waals surface area contributed by atoms with Crippen molar-refractivity contribution in [2.24, 2.45) is 0 Å². The maximum atomic E-state index is 12.7. The van der Waals surface area contributed by atoms with Crippen molar-refractivity contribution in [1.29, 1.82) is 0 Å². The van der Waals surface area contributed by atoms with Crippen LogP contribution in [0.3, 0.4) is 0 Å². The van der Waals surface area contributed by atoms with Gasteiger partial charge in [0.1, 0.15) is 13.2 Å². The molecule has 0 radical (unpaired) electrons. The molecule has 0 rings (SSSR count). The first kappa shape index (κ1) is 44.5. The second-order valence-electron chi connectivity index (χ2n) is 14.3. The lowest BCUT2D eigenvalue weighted by Gasteiger charge is -2.26. The second kappa shape index (κ2) is 29.6. The molecule has 0 saturated carbocycles. The van der Waals surface area contributed by atoms with Crippen molar-refractivity contribution in [1.82, 2.24) is 5.32 Å². The van der Waals surface area contributed by atoms with E-state index < -0.39 is 20.0 Å². The van der Waals surface area contributed by atoms with Crippen LogP contribution in [0.2, 0.25) is 0 Å². The highest BCUT2D eigenvalue weighted by atomic mass is 31.2. The smallest absolute Gasteiger partial charge is 0.391 e. The van der Waals surface area contributed by atoms with E-state index in [1.54, 1.807) is 0 Å². The summed E-state index contributed by atoms with van der Waals surface area (Å²) in [5.74, 6) is -0.147. The van der Waals surface area contributed by atoms with E-state index in [2.05, 4.69) is 19.2 Å². The van der Waals surface area contributed by atoms with Crippen LogP contribution in [0.1, 0.15) is 174 Å². The quantitative estimate of drug-likeness (QED) is 0.0360. The number of amides is 1. The largest absolute Gasteiger partial charge is 0.472 e. The lowest BCUT2D eigenvalue weighted by atomic mass is 10.0. The fourth-order valence-corrected chi connectivity index (χ4v) is 6.25. The predicted molar refractivity (Wildman–Crippen MR) is 189 cm³/mol. The fourth-order valence-electron chi connectivity index (χ4n) is 5.52. The van der Waals surface area contributed by atoms with Gasteiger partial charge in [-0.2, -0.15) is 0 Å². The van der Waals surface area contributed by atoms with Gasteiger partial charge in [0.05, 0.1) is 39.9 Å². The predicted octanol–water partition coefficient (Wildman–Crippen LogP) is 9.46. The number of quaternary nitrogens is 1. The number of unbranched alkanes of at least 4 members (excludes halogenated alkanes) is 21. The molecule has 0 aliphatic carbocycles. The molecule has 8 nitrogen and oxygen atoms in total. The molecule has 0 aromatic carbocycles. The fraction of sp³-hybridized carbons (Fsp3) is 0.972. The van der Waals surface area contributed by atoms with Crippen LogP contribution in [0, 0.1) is 0 Å². The van der Waals surface area contributed by atoms with E-state index in [0.717, 1.165) is 38.5 Å². The minimum Gasteiger partial charge on any atom is -0.391 e. The Hall–Kier alpha value is -0.500. The van der Waals surface area contributed by atoms with Crippen LogP contribution in [0.5, 0.6) is 0 Å². The molecular formula is C36H76N2O6P+. The summed E-state index contributed by atoms with van der Waals surface area (Å²) in [5.41, 5.74) is 0. The zero-order chi connectivity index (χ0) is 33.7. The Morgan fingerprint density at radius 3 is 1.49 bits per heavy atom. The van der Waals surface area contributed by atoms with Crippen molar-refractivity contribution in [3.63, 3.8) is 0 Å². The monoisotopic (exact) mass is 664 g/mol. The Kier molecular flexibility index (Phi) is 29.3. The molecule has 1 amide bonds. The van der Waals surface area contributed by atoms with Crippen LogP contribution in [0.15, 0.2) is 0 Å². The van der Waals surface area contributed by atoms with Crippen LogP contribution in [-0.2, 0) is 18.4 Å². The van der Waals surface area contributed by atoms with Crippen LogP contribution in [0.25, 0.3) is 0 Å². The third-order valence-electron chi connectivity index (χ3n) is 8.61. The number of likely N-dealkylation sites (N-methyl/N-ethyl adjacent to an activating group) is 1. The molecular weight excluding hydrogens is 587 g/mol. The Labute approximate surface area is 279 Å². The van der Waals surface area contributed by atoms with E-state index in [4.69, 9.17) is 9.05 Å². The summed E-state index contributed by atoms with van der Waals surface area (Å²) >= 11 is 0. The SMILES string of the molecule is CCCCCCCCCCCCCCC[C@@H](O)[C@H](COP(=O)(O)OCC[N+](C)(C)C)NC(=O)CCCCCCCCCCCC. The summed E-state index contributed by atoms with van der Waals surface area (Å²) < 4.78 is 23.5. The minimum absolute atomic E-state index is 0.0779. The van der Waals surface area contributed by atoms with Crippen molar-refractivity contribution >= 4 is 13.7 Å². The van der Waals surface area contributed by atoms with Gasteiger partial charge in [-0.1, -0.05) is 155 Å². The van der Waals surface area contributed by atoms with Crippen LogP contribution in [0.4, 0.5) is 0 Å². The van der Waals surface area contributed by atoms with Gasteiger partial charge in [-0.25, -0.2) is 4.57 Å². The van der Waals surface area contributed by atoms with Crippen molar-refractivity contribution in [2.75, 3.05) is 40.9 Å². The normalized spacial score (nSPS) is 14.7. The first-order chi connectivity index (χ1) is 21.5. The third-order valence-corrected chi connectivity index (χ3v) is 9.59. The number of hydrogen-bond acceptors (Lipinski definition) is 5. The number of carbonyl (C=O) groups is 1. The number of nitrogens with zero attached hydrogens (tertiary/aromatic N) is 1. The molecule has 9 heteroatoms. The van der Waals surface area contributed by atoms with E-state index in [1.165, 1.54) is 109 Å². The van der Waals surface area contributed by atoms with Gasteiger partial charge in [-0.15, -0.1) is 0 Å². The molecule has 0 aromatic heterocycles. The number of phosphoric acid groups is 1. The molecule has 0 aliphatic heterocycles. The second-order valence-corrected chi connectivity index (χ2v) is 15.8. The van der Waals surface area contributed by atoms with Crippen molar-refractivity contribution in [3.05, 3.63) is 0 Å². The molecule has 0 aromatic rings. The lowest BCUT2D eigenvalue weighted by Crippen LogP contribution is -2.46. The van der Waals surface area contributed by atoms with Crippen LogP contribution < -0.4 is 5.32 Å². The van der Waals surface area contributed by atoms with Crippen LogP contribution in [-0.4, -0.2) is 73.4 Å². The molecule has 270 valence electrons. The van der Waals surface area contributed by atoms with Gasteiger partial charge in [0.2, 0.25) is 5.91 Å². The van der Waals surface area contributed by atoms with Gasteiger partial charge >= 0.3 is 7.82 Å². The molecule has 0 fully saturated rings. The molecule has 0 bridgehead atoms. The maximum absolute atomic E-state index is 12.7. The Bertz CT molecular complexity index is 718. The number of aliphatic hydroxyl groups excluding tert-OH is 1. The summed E-state index contributed by atoms with van der Waals surface area (Å²) in [6, 6.07) is -0.750. The molecule has 1 unspecified atom stereocenters. The minimum atomic E-state index is -4.29. The third kappa shape index (κ3) is 31.8. The van der Waals surface area contributed by atoms with Crippen molar-refractivity contribution in [2.45, 2.75) is 187 Å². The van der Waals surface area contributed by atoms with Gasteiger partial charge < -0.3 is 19.8 Å². The van der Waals surface area contributed by atoms with E-state index in [0.29, 0.717) is 23.9 Å². The molecule has 3 atom stereocenters. The summed E-state index contributed by atoms with van der Waals surface area (Å²) in [5, 5.41) is 13.8. The van der Waals surface area contributed by atoms with Gasteiger partial charge in [0, 0.05) is 6.42 Å². The molecule has 45 heavy (non-hydrogen) atoms. The zero-order valence-electron chi connectivity index (χ0n) is 30.4.